The highest BCUT2D eigenvalue weighted by Gasteiger charge is 2.24. The van der Waals surface area contributed by atoms with Crippen molar-refractivity contribution in [3.05, 3.63) is 42.0 Å². The van der Waals surface area contributed by atoms with E-state index in [-0.39, 0.29) is 18.1 Å². The first kappa shape index (κ1) is 17.8. The van der Waals surface area contributed by atoms with Gasteiger partial charge in [-0.25, -0.2) is 4.79 Å². The first-order chi connectivity index (χ1) is 12.1. The fraction of sp³-hybridized carbons (Fsp3) is 0.550. The van der Waals surface area contributed by atoms with Crippen molar-refractivity contribution >= 4 is 6.03 Å². The Bertz CT molecular complexity index is 609. The van der Waals surface area contributed by atoms with Crippen molar-refractivity contribution in [1.29, 1.82) is 0 Å². The molecule has 1 saturated heterocycles. The van der Waals surface area contributed by atoms with Crippen LogP contribution in [0.1, 0.15) is 44.2 Å². The van der Waals surface area contributed by atoms with E-state index in [9.17, 15) is 4.79 Å². The molecule has 0 bridgehead atoms. The maximum atomic E-state index is 12.5. The van der Waals surface area contributed by atoms with Crippen molar-refractivity contribution in [2.45, 2.75) is 44.7 Å². The second-order valence-corrected chi connectivity index (χ2v) is 7.21. The average Bonchev–Trinajstić information content (AvgIpc) is 2.79. The van der Waals surface area contributed by atoms with Gasteiger partial charge in [-0.1, -0.05) is 30.4 Å². The van der Waals surface area contributed by atoms with Crippen molar-refractivity contribution in [3.8, 4) is 5.75 Å². The Balaban J connectivity index is 1.51. The van der Waals surface area contributed by atoms with E-state index in [0.29, 0.717) is 6.61 Å². The zero-order chi connectivity index (χ0) is 17.6. The summed E-state index contributed by atoms with van der Waals surface area (Å²) in [6, 6.07) is 8.19. The van der Waals surface area contributed by atoms with Gasteiger partial charge in [0.25, 0.3) is 0 Å². The fourth-order valence-corrected chi connectivity index (χ4v) is 3.68. The standard InChI is InChI=1S/C20H29N3O2/c1-15(2)14-23-11-9-16(10-12-23)21-20(24)22-18-7-5-13-25-19-8-4-3-6-17(18)19/h3-4,6,8,16,18H,1,5,7,9-14H2,2H3,(H2,21,22,24)/t18-/m0/s1. The maximum absolute atomic E-state index is 12.5. The Morgan fingerprint density at radius 1 is 1.24 bits per heavy atom. The fourth-order valence-electron chi connectivity index (χ4n) is 3.68. The lowest BCUT2D eigenvalue weighted by molar-refractivity contribution is 0.200. The number of likely N-dealkylation sites (tertiary alicyclic amines) is 1. The van der Waals surface area contributed by atoms with Crippen LogP contribution in [0.5, 0.6) is 5.75 Å². The Kier molecular flexibility index (Phi) is 5.97. The van der Waals surface area contributed by atoms with Crippen LogP contribution in [0.2, 0.25) is 0 Å². The Labute approximate surface area is 150 Å². The highest BCUT2D eigenvalue weighted by Crippen LogP contribution is 2.31. The molecule has 25 heavy (non-hydrogen) atoms. The van der Waals surface area contributed by atoms with Crippen LogP contribution < -0.4 is 15.4 Å². The van der Waals surface area contributed by atoms with Gasteiger partial charge in [-0.05, 0) is 38.7 Å². The molecule has 1 atom stereocenters. The van der Waals surface area contributed by atoms with Crippen molar-refractivity contribution < 1.29 is 9.53 Å². The van der Waals surface area contributed by atoms with Crippen LogP contribution in [-0.2, 0) is 0 Å². The SMILES string of the molecule is C=C(C)CN1CCC(NC(=O)N[C@H]2CCCOc3ccccc32)CC1. The zero-order valence-electron chi connectivity index (χ0n) is 15.1. The van der Waals surface area contributed by atoms with Gasteiger partial charge in [-0.15, -0.1) is 0 Å². The summed E-state index contributed by atoms with van der Waals surface area (Å²) in [6.07, 6.45) is 3.83. The third-order valence-electron chi connectivity index (χ3n) is 4.91. The van der Waals surface area contributed by atoms with Gasteiger partial charge in [-0.2, -0.15) is 0 Å². The normalized spacial score (nSPS) is 21.6. The number of hydrogen-bond donors (Lipinski definition) is 2. The highest BCUT2D eigenvalue weighted by atomic mass is 16.5. The number of nitrogens with zero attached hydrogens (tertiary/aromatic N) is 1. The number of carbonyl (C=O) groups excluding carboxylic acids is 1. The van der Waals surface area contributed by atoms with Gasteiger partial charge in [0, 0.05) is 31.2 Å². The van der Waals surface area contributed by atoms with Crippen molar-refractivity contribution in [2.24, 2.45) is 0 Å². The Morgan fingerprint density at radius 2 is 2.00 bits per heavy atom. The van der Waals surface area contributed by atoms with Crippen molar-refractivity contribution in [3.63, 3.8) is 0 Å². The molecule has 0 spiro atoms. The maximum Gasteiger partial charge on any atom is 0.315 e. The topological polar surface area (TPSA) is 53.6 Å². The number of hydrogen-bond acceptors (Lipinski definition) is 3. The number of rotatable bonds is 4. The number of fused-ring (bicyclic) bond motifs is 1. The lowest BCUT2D eigenvalue weighted by Crippen LogP contribution is -2.48. The Morgan fingerprint density at radius 3 is 2.76 bits per heavy atom. The number of carbonyl (C=O) groups is 1. The van der Waals surface area contributed by atoms with Gasteiger partial charge >= 0.3 is 6.03 Å². The smallest absolute Gasteiger partial charge is 0.315 e. The summed E-state index contributed by atoms with van der Waals surface area (Å²) in [7, 11) is 0. The van der Waals surface area contributed by atoms with Crippen LogP contribution in [0.15, 0.2) is 36.4 Å². The average molecular weight is 343 g/mol. The lowest BCUT2D eigenvalue weighted by atomic mass is 10.0. The van der Waals surface area contributed by atoms with Crippen LogP contribution in [0.3, 0.4) is 0 Å². The molecule has 1 aromatic carbocycles. The molecule has 2 aliphatic heterocycles. The quantitative estimate of drug-likeness (QED) is 0.825. The molecule has 5 nitrogen and oxygen atoms in total. The van der Waals surface area contributed by atoms with E-state index in [1.165, 1.54) is 5.57 Å². The van der Waals surface area contributed by atoms with E-state index in [4.69, 9.17) is 4.74 Å². The molecule has 0 aromatic heterocycles. The van der Waals surface area contributed by atoms with Crippen molar-refractivity contribution in [2.75, 3.05) is 26.2 Å². The second-order valence-electron chi connectivity index (χ2n) is 7.21. The van der Waals surface area contributed by atoms with Gasteiger partial charge in [-0.3, -0.25) is 4.90 Å². The van der Waals surface area contributed by atoms with Crippen LogP contribution in [0.25, 0.3) is 0 Å². The third-order valence-corrected chi connectivity index (χ3v) is 4.91. The van der Waals surface area contributed by atoms with Gasteiger partial charge in [0.1, 0.15) is 5.75 Å². The van der Waals surface area contributed by atoms with Gasteiger partial charge < -0.3 is 15.4 Å². The first-order valence-electron chi connectivity index (χ1n) is 9.27. The molecule has 1 fully saturated rings. The molecule has 2 heterocycles. The number of urea groups is 1. The molecule has 0 saturated carbocycles. The van der Waals surface area contributed by atoms with E-state index >= 15 is 0 Å². The monoisotopic (exact) mass is 343 g/mol. The summed E-state index contributed by atoms with van der Waals surface area (Å²) in [4.78, 5) is 14.9. The minimum absolute atomic E-state index is 0.0159. The van der Waals surface area contributed by atoms with Crippen LogP contribution >= 0.6 is 0 Å². The largest absolute Gasteiger partial charge is 0.493 e. The van der Waals surface area contributed by atoms with Gasteiger partial charge in [0.05, 0.1) is 12.6 Å². The summed E-state index contributed by atoms with van der Waals surface area (Å²) in [5.74, 6) is 0.887. The Hall–Kier alpha value is -2.01. The summed E-state index contributed by atoms with van der Waals surface area (Å²) in [5, 5.41) is 6.30. The minimum Gasteiger partial charge on any atom is -0.493 e. The molecule has 3 rings (SSSR count). The highest BCUT2D eigenvalue weighted by molar-refractivity contribution is 5.75. The number of nitrogens with one attached hydrogen (secondary N) is 2. The number of piperidine rings is 1. The lowest BCUT2D eigenvalue weighted by Gasteiger charge is -2.32. The molecule has 0 unspecified atom stereocenters. The van der Waals surface area contributed by atoms with E-state index in [1.54, 1.807) is 0 Å². The zero-order valence-corrected chi connectivity index (χ0v) is 15.1. The van der Waals surface area contributed by atoms with E-state index in [2.05, 4.69) is 29.0 Å². The summed E-state index contributed by atoms with van der Waals surface area (Å²) >= 11 is 0. The van der Waals surface area contributed by atoms with Crippen molar-refractivity contribution in [1.82, 2.24) is 15.5 Å². The second kappa shape index (κ2) is 8.39. The molecule has 0 aliphatic carbocycles. The summed E-state index contributed by atoms with van der Waals surface area (Å²) in [6.45, 7) is 9.72. The first-order valence-corrected chi connectivity index (χ1v) is 9.27. The van der Waals surface area contributed by atoms with E-state index < -0.39 is 0 Å². The van der Waals surface area contributed by atoms with E-state index in [1.807, 2.05) is 24.3 Å². The van der Waals surface area contributed by atoms with Crippen LogP contribution in [-0.4, -0.2) is 43.2 Å². The number of amides is 2. The van der Waals surface area contributed by atoms with E-state index in [0.717, 1.165) is 56.6 Å². The molecule has 5 heteroatoms. The minimum atomic E-state index is -0.0694. The molecular formula is C20H29N3O2. The summed E-state index contributed by atoms with van der Waals surface area (Å²) < 4.78 is 5.77. The molecule has 2 aliphatic rings. The predicted molar refractivity (Wildman–Crippen MR) is 99.9 cm³/mol. The molecule has 1 aromatic rings. The van der Waals surface area contributed by atoms with Gasteiger partial charge in [0.15, 0.2) is 0 Å². The molecular weight excluding hydrogens is 314 g/mol. The third kappa shape index (κ3) is 4.98. The van der Waals surface area contributed by atoms with Crippen LogP contribution in [0, 0.1) is 0 Å². The molecule has 0 radical (unpaired) electrons. The number of ether oxygens (including phenoxy) is 1. The molecule has 2 amide bonds. The number of para-hydroxylation sites is 1. The molecule has 136 valence electrons. The van der Waals surface area contributed by atoms with Gasteiger partial charge in [0.2, 0.25) is 0 Å². The molecule has 2 N–H and O–H groups in total. The number of benzene rings is 1. The van der Waals surface area contributed by atoms with Crippen LogP contribution in [0.4, 0.5) is 4.79 Å². The predicted octanol–water partition coefficient (Wildman–Crippen LogP) is 3.24. The summed E-state index contributed by atoms with van der Waals surface area (Å²) in [5.41, 5.74) is 2.27.